The summed E-state index contributed by atoms with van der Waals surface area (Å²) in [5, 5.41) is 1.18. The van der Waals surface area contributed by atoms with Crippen LogP contribution in [0.4, 0.5) is 0 Å². The number of hydrogen-bond acceptors (Lipinski definition) is 1. The highest BCUT2D eigenvalue weighted by Crippen LogP contribution is 2.31. The van der Waals surface area contributed by atoms with Crippen LogP contribution in [0, 0.1) is 0 Å². The average molecular weight is 273 g/mol. The van der Waals surface area contributed by atoms with E-state index in [0.717, 1.165) is 35.2 Å². The monoisotopic (exact) mass is 273 g/mol. The molecule has 0 saturated heterocycles. The Kier molecular flexibility index (Phi) is 2.74. The number of carbonyl (C=O) groups is 1. The molecule has 0 fully saturated rings. The fraction of sp³-hybridized carbons (Fsp3) is 0.105. The third kappa shape index (κ3) is 2.00. The number of aromatic nitrogens is 1. The number of aromatic amines is 1. The van der Waals surface area contributed by atoms with Crippen LogP contribution in [-0.2, 0) is 6.42 Å². The van der Waals surface area contributed by atoms with E-state index >= 15 is 0 Å². The van der Waals surface area contributed by atoms with Gasteiger partial charge in [0.2, 0.25) is 5.78 Å². The van der Waals surface area contributed by atoms with Gasteiger partial charge in [0.15, 0.2) is 0 Å². The number of nitrogens with one attached hydrogen (secondary N) is 1. The number of para-hydroxylation sites is 1. The first-order chi connectivity index (χ1) is 10.3. The van der Waals surface area contributed by atoms with E-state index in [1.165, 1.54) is 10.9 Å². The Bertz CT molecular complexity index is 856. The van der Waals surface area contributed by atoms with Crippen LogP contribution in [0.15, 0.2) is 60.2 Å². The maximum Gasteiger partial charge on any atom is 0.205 e. The lowest BCUT2D eigenvalue weighted by Gasteiger charge is -2.14. The number of benzene rings is 2. The molecule has 3 aromatic rings. The van der Waals surface area contributed by atoms with E-state index in [9.17, 15) is 4.79 Å². The third-order valence-corrected chi connectivity index (χ3v) is 4.12. The Morgan fingerprint density at radius 3 is 2.52 bits per heavy atom. The predicted molar refractivity (Wildman–Crippen MR) is 85.4 cm³/mol. The Morgan fingerprint density at radius 1 is 0.905 bits per heavy atom. The van der Waals surface area contributed by atoms with E-state index in [-0.39, 0.29) is 5.78 Å². The maximum atomic E-state index is 12.7. The normalized spacial score (nSPS) is 16.4. The first kappa shape index (κ1) is 12.2. The fourth-order valence-electron chi connectivity index (χ4n) is 3.08. The van der Waals surface area contributed by atoms with Gasteiger partial charge < -0.3 is 4.98 Å². The SMILES string of the molecule is O=C1/C(=C/c2ccccc2)CCc2c1[nH]c1ccccc21. The van der Waals surface area contributed by atoms with Crippen LogP contribution in [0.2, 0.25) is 0 Å². The number of carbonyl (C=O) groups excluding carboxylic acids is 1. The van der Waals surface area contributed by atoms with Crippen molar-refractivity contribution in [2.75, 3.05) is 0 Å². The quantitative estimate of drug-likeness (QED) is 0.656. The van der Waals surface area contributed by atoms with Gasteiger partial charge in [-0.05, 0) is 36.1 Å². The number of ketones is 1. The molecule has 0 atom stereocenters. The minimum atomic E-state index is 0.135. The van der Waals surface area contributed by atoms with E-state index in [0.29, 0.717) is 0 Å². The second-order valence-electron chi connectivity index (χ2n) is 5.43. The molecule has 1 aliphatic rings. The highest BCUT2D eigenvalue weighted by Gasteiger charge is 2.25. The molecule has 21 heavy (non-hydrogen) atoms. The number of allylic oxidation sites excluding steroid dienone is 1. The Balaban J connectivity index is 1.80. The van der Waals surface area contributed by atoms with Crippen molar-refractivity contribution in [2.45, 2.75) is 12.8 Å². The Hall–Kier alpha value is -2.61. The zero-order valence-corrected chi connectivity index (χ0v) is 11.6. The van der Waals surface area contributed by atoms with Gasteiger partial charge in [0.05, 0.1) is 5.69 Å². The van der Waals surface area contributed by atoms with Crippen LogP contribution in [0.25, 0.3) is 17.0 Å². The number of rotatable bonds is 1. The summed E-state index contributed by atoms with van der Waals surface area (Å²) < 4.78 is 0. The maximum absolute atomic E-state index is 12.7. The van der Waals surface area contributed by atoms with Crippen LogP contribution in [0.5, 0.6) is 0 Å². The summed E-state index contributed by atoms with van der Waals surface area (Å²) in [5.74, 6) is 0.135. The summed E-state index contributed by atoms with van der Waals surface area (Å²) in [4.78, 5) is 16.0. The van der Waals surface area contributed by atoms with Gasteiger partial charge in [0, 0.05) is 16.5 Å². The van der Waals surface area contributed by atoms with Gasteiger partial charge in [-0.1, -0.05) is 48.5 Å². The van der Waals surface area contributed by atoms with E-state index in [2.05, 4.69) is 11.1 Å². The summed E-state index contributed by atoms with van der Waals surface area (Å²) in [6, 6.07) is 18.2. The third-order valence-electron chi connectivity index (χ3n) is 4.12. The van der Waals surface area contributed by atoms with Gasteiger partial charge in [-0.2, -0.15) is 0 Å². The predicted octanol–water partition coefficient (Wildman–Crippen LogP) is 4.38. The molecular formula is C19H15NO. The number of Topliss-reactive ketones (excluding diaryl/α,β-unsaturated/α-hetero) is 1. The van der Waals surface area contributed by atoms with Crippen molar-refractivity contribution in [1.29, 1.82) is 0 Å². The second kappa shape index (κ2) is 4.74. The van der Waals surface area contributed by atoms with E-state index < -0.39 is 0 Å². The molecule has 0 radical (unpaired) electrons. The molecule has 2 heteroatoms. The highest BCUT2D eigenvalue weighted by molar-refractivity contribution is 6.14. The minimum absolute atomic E-state index is 0.135. The molecule has 0 amide bonds. The molecule has 1 heterocycles. The number of hydrogen-bond donors (Lipinski definition) is 1. The van der Waals surface area contributed by atoms with E-state index in [4.69, 9.17) is 0 Å². The molecule has 1 aliphatic carbocycles. The largest absolute Gasteiger partial charge is 0.352 e. The molecule has 0 aliphatic heterocycles. The molecule has 1 aromatic heterocycles. The van der Waals surface area contributed by atoms with E-state index in [1.54, 1.807) is 0 Å². The Labute approximate surface area is 123 Å². The van der Waals surface area contributed by atoms with Crippen molar-refractivity contribution in [3.05, 3.63) is 77.0 Å². The average Bonchev–Trinajstić information content (AvgIpc) is 2.91. The molecule has 0 bridgehead atoms. The number of fused-ring (bicyclic) bond motifs is 3. The van der Waals surface area contributed by atoms with Gasteiger partial charge in [0.1, 0.15) is 0 Å². The zero-order chi connectivity index (χ0) is 14.2. The zero-order valence-electron chi connectivity index (χ0n) is 11.6. The van der Waals surface area contributed by atoms with Gasteiger partial charge in [0.25, 0.3) is 0 Å². The Morgan fingerprint density at radius 2 is 1.67 bits per heavy atom. The second-order valence-corrected chi connectivity index (χ2v) is 5.43. The lowest BCUT2D eigenvalue weighted by Crippen LogP contribution is -2.13. The van der Waals surface area contributed by atoms with Crippen LogP contribution < -0.4 is 0 Å². The first-order valence-corrected chi connectivity index (χ1v) is 7.23. The van der Waals surface area contributed by atoms with E-state index in [1.807, 2.05) is 54.6 Å². The molecular weight excluding hydrogens is 258 g/mol. The van der Waals surface area contributed by atoms with Crippen molar-refractivity contribution in [3.63, 3.8) is 0 Å². The van der Waals surface area contributed by atoms with Crippen molar-refractivity contribution in [3.8, 4) is 0 Å². The molecule has 4 rings (SSSR count). The summed E-state index contributed by atoms with van der Waals surface area (Å²) in [6.07, 6.45) is 3.74. The van der Waals surface area contributed by atoms with Crippen molar-refractivity contribution in [1.82, 2.24) is 4.98 Å². The lowest BCUT2D eigenvalue weighted by atomic mass is 9.89. The smallest absolute Gasteiger partial charge is 0.205 e. The molecule has 0 unspecified atom stereocenters. The summed E-state index contributed by atoms with van der Waals surface area (Å²) in [6.45, 7) is 0. The van der Waals surface area contributed by atoms with Crippen LogP contribution >= 0.6 is 0 Å². The standard InChI is InChI=1S/C19H15NO/c21-19-14(12-13-6-2-1-3-7-13)10-11-16-15-8-4-5-9-17(15)20-18(16)19/h1-9,12,20H,10-11H2/b14-12+. The fourth-order valence-corrected chi connectivity index (χ4v) is 3.08. The molecule has 1 N–H and O–H groups in total. The molecule has 102 valence electrons. The minimum Gasteiger partial charge on any atom is -0.352 e. The van der Waals surface area contributed by atoms with Crippen LogP contribution in [0.1, 0.15) is 28.0 Å². The van der Waals surface area contributed by atoms with Crippen LogP contribution in [0.3, 0.4) is 0 Å². The molecule has 2 aromatic carbocycles. The van der Waals surface area contributed by atoms with Crippen LogP contribution in [-0.4, -0.2) is 10.8 Å². The topological polar surface area (TPSA) is 32.9 Å². The summed E-state index contributed by atoms with van der Waals surface area (Å²) >= 11 is 0. The molecule has 0 saturated carbocycles. The highest BCUT2D eigenvalue weighted by atomic mass is 16.1. The molecule has 2 nitrogen and oxygen atoms in total. The van der Waals surface area contributed by atoms with Gasteiger partial charge in [-0.3, -0.25) is 4.79 Å². The van der Waals surface area contributed by atoms with Gasteiger partial charge in [-0.25, -0.2) is 0 Å². The number of aryl methyl sites for hydroxylation is 1. The van der Waals surface area contributed by atoms with Crippen molar-refractivity contribution < 1.29 is 4.79 Å². The lowest BCUT2D eigenvalue weighted by molar-refractivity contribution is 0.102. The van der Waals surface area contributed by atoms with Gasteiger partial charge in [-0.15, -0.1) is 0 Å². The first-order valence-electron chi connectivity index (χ1n) is 7.23. The van der Waals surface area contributed by atoms with Crippen molar-refractivity contribution >= 4 is 22.8 Å². The summed E-state index contributed by atoms with van der Waals surface area (Å²) in [7, 11) is 0. The summed E-state index contributed by atoms with van der Waals surface area (Å²) in [5.41, 5.74) is 4.96. The number of H-pyrrole nitrogens is 1. The molecule has 0 spiro atoms. The van der Waals surface area contributed by atoms with Crippen molar-refractivity contribution in [2.24, 2.45) is 0 Å². The van der Waals surface area contributed by atoms with Gasteiger partial charge >= 0.3 is 0 Å².